The minimum Gasteiger partial charge on any atom is -0.484 e. The van der Waals surface area contributed by atoms with Crippen molar-refractivity contribution < 1.29 is 19.1 Å². The molecule has 0 aliphatic heterocycles. The first-order valence-electron chi connectivity index (χ1n) is 11.4. The van der Waals surface area contributed by atoms with Gasteiger partial charge < -0.3 is 19.4 Å². The minimum atomic E-state index is -0.679. The van der Waals surface area contributed by atoms with E-state index < -0.39 is 6.09 Å². The quantitative estimate of drug-likeness (QED) is 0.262. The summed E-state index contributed by atoms with van der Waals surface area (Å²) in [6.07, 6.45) is -0.679. The maximum atomic E-state index is 12.5. The van der Waals surface area contributed by atoms with Crippen molar-refractivity contribution in [2.24, 2.45) is 0 Å². The lowest BCUT2D eigenvalue weighted by molar-refractivity contribution is -0.130. The second-order valence-corrected chi connectivity index (χ2v) is 9.32. The number of carbonyl (C=O) groups is 2. The molecule has 2 aromatic heterocycles. The number of likely N-dealkylation sites (N-methyl/N-ethyl adjacent to an activating group) is 1. The number of hydrogen-bond acceptors (Lipinski definition) is 6. The Hall–Kier alpha value is -4.34. The second kappa shape index (κ2) is 10.6. The molecule has 38 heavy (non-hydrogen) atoms. The van der Waals surface area contributed by atoms with Crippen LogP contribution in [0, 0.1) is 0 Å². The first-order valence-corrected chi connectivity index (χ1v) is 12.2. The van der Waals surface area contributed by atoms with Crippen molar-refractivity contribution in [1.29, 1.82) is 0 Å². The van der Waals surface area contributed by atoms with E-state index in [-0.39, 0.29) is 12.5 Å². The van der Waals surface area contributed by atoms with E-state index in [1.807, 2.05) is 30.3 Å². The fourth-order valence-electron chi connectivity index (χ4n) is 3.68. The van der Waals surface area contributed by atoms with Gasteiger partial charge in [0.25, 0.3) is 5.91 Å². The lowest BCUT2D eigenvalue weighted by Gasteiger charge is -2.13. The lowest BCUT2D eigenvalue weighted by atomic mass is 10.2. The number of hydrogen-bond donors (Lipinski definition) is 2. The summed E-state index contributed by atoms with van der Waals surface area (Å²) in [6.45, 7) is -0.142. The fraction of sp³-hybridized carbons (Fsp3) is 0.111. The van der Waals surface area contributed by atoms with Crippen molar-refractivity contribution in [2.45, 2.75) is 0 Å². The number of nitrogens with one attached hydrogen (secondary N) is 2. The Labute approximate surface area is 227 Å². The number of halogens is 2. The van der Waals surface area contributed by atoms with Crippen LogP contribution in [0.2, 0.25) is 10.0 Å². The highest BCUT2D eigenvalue weighted by Crippen LogP contribution is 2.38. The number of H-pyrrole nitrogens is 1. The van der Waals surface area contributed by atoms with Gasteiger partial charge in [0.05, 0.1) is 32.2 Å². The predicted molar refractivity (Wildman–Crippen MR) is 147 cm³/mol. The van der Waals surface area contributed by atoms with E-state index in [0.717, 1.165) is 10.9 Å². The van der Waals surface area contributed by atoms with E-state index >= 15 is 0 Å². The third-order valence-electron chi connectivity index (χ3n) is 5.61. The molecule has 0 radical (unpaired) electrons. The number of imidazole rings is 1. The summed E-state index contributed by atoms with van der Waals surface area (Å²) in [7, 11) is 3.28. The summed E-state index contributed by atoms with van der Waals surface area (Å²) in [6, 6.07) is 19.3. The van der Waals surface area contributed by atoms with E-state index in [2.05, 4.69) is 20.3 Å². The Balaban J connectivity index is 1.31. The van der Waals surface area contributed by atoms with Gasteiger partial charge in [0.1, 0.15) is 23.1 Å². The number of pyridine rings is 1. The summed E-state index contributed by atoms with van der Waals surface area (Å²) >= 11 is 13.0. The molecular weight excluding hydrogens is 529 g/mol. The number of para-hydroxylation sites is 1. The van der Waals surface area contributed by atoms with Crippen LogP contribution in [-0.2, 0) is 4.79 Å². The summed E-state index contributed by atoms with van der Waals surface area (Å²) in [5.74, 6) is 1.27. The van der Waals surface area contributed by atoms with E-state index in [4.69, 9.17) is 32.7 Å². The third kappa shape index (κ3) is 5.49. The summed E-state index contributed by atoms with van der Waals surface area (Å²) in [4.78, 5) is 37.8. The number of carbonyl (C=O) groups excluding carboxylic acids is 2. The van der Waals surface area contributed by atoms with Gasteiger partial charge in [-0.1, -0.05) is 41.4 Å². The Kier molecular flexibility index (Phi) is 7.04. The molecular formula is C27H21Cl2N5O4. The van der Waals surface area contributed by atoms with Gasteiger partial charge in [0.2, 0.25) is 0 Å². The van der Waals surface area contributed by atoms with E-state index in [0.29, 0.717) is 49.8 Å². The first-order chi connectivity index (χ1) is 18.3. The SMILES string of the molecule is CN(C)C(=O)COc1cc(Cl)c(-c2nc3ccc(OC(=O)Nc4ccc5ccccc5n4)cc3[nH]2)c(Cl)c1. The van der Waals surface area contributed by atoms with Gasteiger partial charge in [-0.05, 0) is 42.5 Å². The average molecular weight is 550 g/mol. The normalized spacial score (nSPS) is 10.9. The molecule has 0 aliphatic rings. The molecule has 0 saturated heterocycles. The molecule has 2 amide bonds. The summed E-state index contributed by atoms with van der Waals surface area (Å²) in [5, 5.41) is 4.19. The molecule has 0 bridgehead atoms. The zero-order valence-electron chi connectivity index (χ0n) is 20.3. The lowest BCUT2D eigenvalue weighted by Crippen LogP contribution is -2.27. The molecule has 0 aliphatic carbocycles. The monoisotopic (exact) mass is 549 g/mol. The highest BCUT2D eigenvalue weighted by Gasteiger charge is 2.17. The topological polar surface area (TPSA) is 109 Å². The van der Waals surface area contributed by atoms with Crippen LogP contribution in [0.3, 0.4) is 0 Å². The Morgan fingerprint density at radius 2 is 1.68 bits per heavy atom. The average Bonchev–Trinajstić information content (AvgIpc) is 3.29. The molecule has 0 saturated carbocycles. The van der Waals surface area contributed by atoms with E-state index in [1.54, 1.807) is 50.5 Å². The van der Waals surface area contributed by atoms with Crippen LogP contribution < -0.4 is 14.8 Å². The molecule has 5 aromatic rings. The van der Waals surface area contributed by atoms with Gasteiger partial charge in [0, 0.05) is 25.5 Å². The van der Waals surface area contributed by atoms with Gasteiger partial charge >= 0.3 is 6.09 Å². The third-order valence-corrected chi connectivity index (χ3v) is 6.20. The standard InChI is InChI=1S/C27H21Cl2N5O4/c1-34(2)24(35)14-37-17-11-18(28)25(19(29)12-17)26-31-21-9-8-16(13-22(21)32-26)38-27(36)33-23-10-7-15-5-3-4-6-20(15)30-23/h3-13H,14H2,1-2H3,(H,31,32)(H,30,33,36). The van der Waals surface area contributed by atoms with Crippen molar-refractivity contribution in [3.8, 4) is 22.9 Å². The predicted octanol–water partition coefficient (Wildman–Crippen LogP) is 6.16. The van der Waals surface area contributed by atoms with Gasteiger partial charge in [-0.2, -0.15) is 0 Å². The zero-order chi connectivity index (χ0) is 26.8. The molecule has 0 atom stereocenters. The summed E-state index contributed by atoms with van der Waals surface area (Å²) in [5.41, 5.74) is 2.46. The molecule has 0 unspecified atom stereocenters. The molecule has 2 N–H and O–H groups in total. The Morgan fingerprint density at radius 1 is 0.921 bits per heavy atom. The number of aromatic nitrogens is 3. The van der Waals surface area contributed by atoms with Crippen molar-refractivity contribution in [1.82, 2.24) is 19.9 Å². The maximum Gasteiger partial charge on any atom is 0.418 e. The molecule has 0 spiro atoms. The van der Waals surface area contributed by atoms with Crippen LogP contribution in [0.4, 0.5) is 10.6 Å². The van der Waals surface area contributed by atoms with Crippen LogP contribution in [0.25, 0.3) is 33.3 Å². The maximum absolute atomic E-state index is 12.5. The highest BCUT2D eigenvalue weighted by molar-refractivity contribution is 6.39. The Bertz CT molecular complexity index is 1660. The molecule has 0 fully saturated rings. The number of fused-ring (bicyclic) bond motifs is 2. The van der Waals surface area contributed by atoms with Crippen molar-refractivity contribution in [3.05, 3.63) is 76.8 Å². The van der Waals surface area contributed by atoms with Gasteiger partial charge in [0.15, 0.2) is 6.61 Å². The van der Waals surface area contributed by atoms with Gasteiger partial charge in [-0.25, -0.2) is 14.8 Å². The second-order valence-electron chi connectivity index (χ2n) is 8.51. The summed E-state index contributed by atoms with van der Waals surface area (Å²) < 4.78 is 10.9. The number of nitrogens with zero attached hydrogens (tertiary/aromatic N) is 3. The fourth-order valence-corrected chi connectivity index (χ4v) is 4.32. The number of benzene rings is 3. The minimum absolute atomic E-state index is 0.142. The zero-order valence-corrected chi connectivity index (χ0v) is 21.8. The molecule has 9 nitrogen and oxygen atoms in total. The van der Waals surface area contributed by atoms with Gasteiger partial charge in [-0.3, -0.25) is 10.1 Å². The largest absolute Gasteiger partial charge is 0.484 e. The van der Waals surface area contributed by atoms with Crippen molar-refractivity contribution in [2.75, 3.05) is 26.0 Å². The number of aromatic amines is 1. The Morgan fingerprint density at radius 3 is 2.45 bits per heavy atom. The van der Waals surface area contributed by atoms with Crippen LogP contribution in [0.1, 0.15) is 0 Å². The van der Waals surface area contributed by atoms with Crippen LogP contribution in [-0.4, -0.2) is 52.6 Å². The number of amides is 2. The van der Waals surface area contributed by atoms with Crippen LogP contribution in [0.15, 0.2) is 66.7 Å². The molecule has 192 valence electrons. The molecule has 2 heterocycles. The smallest absolute Gasteiger partial charge is 0.418 e. The molecule has 11 heteroatoms. The van der Waals surface area contributed by atoms with Gasteiger partial charge in [-0.15, -0.1) is 0 Å². The number of rotatable bonds is 6. The van der Waals surface area contributed by atoms with E-state index in [9.17, 15) is 9.59 Å². The van der Waals surface area contributed by atoms with Crippen LogP contribution >= 0.6 is 23.2 Å². The molecule has 5 rings (SSSR count). The number of anilines is 1. The van der Waals surface area contributed by atoms with Crippen LogP contribution in [0.5, 0.6) is 11.5 Å². The van der Waals surface area contributed by atoms with E-state index in [1.165, 1.54) is 4.90 Å². The van der Waals surface area contributed by atoms with Crippen molar-refractivity contribution in [3.63, 3.8) is 0 Å². The first kappa shape index (κ1) is 25.3. The highest BCUT2D eigenvalue weighted by atomic mass is 35.5. The number of ether oxygens (including phenoxy) is 2. The van der Waals surface area contributed by atoms with Crippen molar-refractivity contribution >= 4 is 63.0 Å². The molecule has 3 aromatic carbocycles.